The van der Waals surface area contributed by atoms with Gasteiger partial charge in [0.1, 0.15) is 11.6 Å². The number of ether oxygens (including phenoxy) is 2. The van der Waals surface area contributed by atoms with Crippen LogP contribution in [-0.4, -0.2) is 19.0 Å². The summed E-state index contributed by atoms with van der Waals surface area (Å²) < 4.78 is 10.7. The summed E-state index contributed by atoms with van der Waals surface area (Å²) in [7, 11) is 1.43. The van der Waals surface area contributed by atoms with Crippen LogP contribution in [0.5, 0.6) is 11.5 Å². The van der Waals surface area contributed by atoms with Crippen molar-refractivity contribution < 1.29 is 19.1 Å². The average molecular weight is 473 g/mol. The van der Waals surface area contributed by atoms with E-state index >= 15 is 0 Å². The molecular weight excluding hydrogens is 452 g/mol. The van der Waals surface area contributed by atoms with E-state index in [-0.39, 0.29) is 17.1 Å². The van der Waals surface area contributed by atoms with Crippen molar-refractivity contribution in [1.29, 1.82) is 5.26 Å². The van der Waals surface area contributed by atoms with E-state index in [4.69, 9.17) is 21.1 Å². The lowest BCUT2D eigenvalue weighted by molar-refractivity contribution is -0.129. The van der Waals surface area contributed by atoms with Crippen LogP contribution in [0.15, 0.2) is 84.4 Å². The molecule has 0 unspecified atom stereocenters. The molecule has 170 valence electrons. The zero-order chi connectivity index (χ0) is 24.3. The van der Waals surface area contributed by atoms with Crippen LogP contribution in [0.3, 0.4) is 0 Å². The molecule has 0 radical (unpaired) electrons. The number of amides is 1. The SMILES string of the molecule is COc1cc(/C=C(\C#N)C(=O)NCc2ccccc2)ccc1OC(=O)/C=C/c1ccc(Cl)cc1. The highest BCUT2D eigenvalue weighted by Gasteiger charge is 2.12. The van der Waals surface area contributed by atoms with Crippen LogP contribution in [0.1, 0.15) is 16.7 Å². The highest BCUT2D eigenvalue weighted by atomic mass is 35.5. The van der Waals surface area contributed by atoms with E-state index in [1.165, 1.54) is 25.3 Å². The van der Waals surface area contributed by atoms with Crippen LogP contribution in [0.25, 0.3) is 12.2 Å². The number of nitriles is 1. The van der Waals surface area contributed by atoms with E-state index in [1.54, 1.807) is 42.5 Å². The maximum atomic E-state index is 12.4. The van der Waals surface area contributed by atoms with Gasteiger partial charge in [-0.05, 0) is 53.1 Å². The minimum Gasteiger partial charge on any atom is -0.493 e. The number of hydrogen-bond donors (Lipinski definition) is 1. The molecule has 0 aliphatic carbocycles. The number of rotatable bonds is 8. The van der Waals surface area contributed by atoms with E-state index < -0.39 is 11.9 Å². The molecule has 0 saturated heterocycles. The van der Waals surface area contributed by atoms with Crippen LogP contribution >= 0.6 is 11.6 Å². The number of halogens is 1. The number of esters is 1. The Hall–Kier alpha value is -4.34. The zero-order valence-electron chi connectivity index (χ0n) is 18.3. The summed E-state index contributed by atoms with van der Waals surface area (Å²) >= 11 is 5.85. The lowest BCUT2D eigenvalue weighted by atomic mass is 10.1. The van der Waals surface area contributed by atoms with E-state index in [0.717, 1.165) is 11.1 Å². The molecule has 0 aliphatic rings. The van der Waals surface area contributed by atoms with E-state index in [9.17, 15) is 14.9 Å². The number of carbonyl (C=O) groups excluding carboxylic acids is 2. The fraction of sp³-hybridized carbons (Fsp3) is 0.0741. The van der Waals surface area contributed by atoms with Gasteiger partial charge in [0.15, 0.2) is 11.5 Å². The van der Waals surface area contributed by atoms with Gasteiger partial charge in [0.25, 0.3) is 5.91 Å². The molecule has 0 aromatic heterocycles. The molecule has 0 heterocycles. The van der Waals surface area contributed by atoms with Gasteiger partial charge in [-0.2, -0.15) is 5.26 Å². The summed E-state index contributed by atoms with van der Waals surface area (Å²) in [6.45, 7) is 0.306. The first-order chi connectivity index (χ1) is 16.5. The Morgan fingerprint density at radius 1 is 1.00 bits per heavy atom. The quantitative estimate of drug-likeness (QED) is 0.211. The number of nitrogens with one attached hydrogen (secondary N) is 1. The fourth-order valence-electron chi connectivity index (χ4n) is 2.93. The lowest BCUT2D eigenvalue weighted by Crippen LogP contribution is -2.23. The molecule has 0 spiro atoms. The molecule has 1 amide bonds. The Morgan fingerprint density at radius 2 is 1.71 bits per heavy atom. The summed E-state index contributed by atoms with van der Waals surface area (Å²) in [5.74, 6) is -0.593. The molecule has 0 atom stereocenters. The highest BCUT2D eigenvalue weighted by Crippen LogP contribution is 2.29. The van der Waals surface area contributed by atoms with Crippen LogP contribution in [0.4, 0.5) is 0 Å². The third kappa shape index (κ3) is 7.09. The Morgan fingerprint density at radius 3 is 2.38 bits per heavy atom. The number of nitrogens with zero attached hydrogens (tertiary/aromatic N) is 1. The van der Waals surface area contributed by atoms with Crippen molar-refractivity contribution in [2.45, 2.75) is 6.54 Å². The van der Waals surface area contributed by atoms with Gasteiger partial charge < -0.3 is 14.8 Å². The van der Waals surface area contributed by atoms with Crippen molar-refractivity contribution >= 4 is 35.6 Å². The molecule has 3 aromatic rings. The van der Waals surface area contributed by atoms with Crippen LogP contribution in [-0.2, 0) is 16.1 Å². The smallest absolute Gasteiger partial charge is 0.336 e. The van der Waals surface area contributed by atoms with Crippen molar-refractivity contribution in [3.8, 4) is 17.6 Å². The zero-order valence-corrected chi connectivity index (χ0v) is 19.1. The molecular formula is C27H21ClN2O4. The molecule has 0 fully saturated rings. The van der Waals surface area contributed by atoms with Crippen LogP contribution < -0.4 is 14.8 Å². The van der Waals surface area contributed by atoms with E-state index in [0.29, 0.717) is 17.1 Å². The van der Waals surface area contributed by atoms with Gasteiger partial charge in [0.2, 0.25) is 0 Å². The third-order valence-electron chi connectivity index (χ3n) is 4.65. The first-order valence-corrected chi connectivity index (χ1v) is 10.6. The normalized spacial score (nSPS) is 11.0. The van der Waals surface area contributed by atoms with Gasteiger partial charge >= 0.3 is 5.97 Å². The maximum Gasteiger partial charge on any atom is 0.336 e. The largest absolute Gasteiger partial charge is 0.493 e. The van der Waals surface area contributed by atoms with Gasteiger partial charge in [0.05, 0.1) is 7.11 Å². The number of methoxy groups -OCH3 is 1. The second kappa shape index (κ2) is 12.0. The first-order valence-electron chi connectivity index (χ1n) is 10.3. The minimum absolute atomic E-state index is 0.0615. The summed E-state index contributed by atoms with van der Waals surface area (Å²) in [6, 6.07) is 23.0. The summed E-state index contributed by atoms with van der Waals surface area (Å²) in [5.41, 5.74) is 2.20. The minimum atomic E-state index is -0.588. The maximum absolute atomic E-state index is 12.4. The van der Waals surface area contributed by atoms with Gasteiger partial charge in [-0.1, -0.05) is 60.1 Å². The van der Waals surface area contributed by atoms with Crippen molar-refractivity contribution in [3.63, 3.8) is 0 Å². The molecule has 34 heavy (non-hydrogen) atoms. The van der Waals surface area contributed by atoms with Crippen LogP contribution in [0, 0.1) is 11.3 Å². The van der Waals surface area contributed by atoms with E-state index in [1.807, 2.05) is 36.4 Å². The van der Waals surface area contributed by atoms with Crippen molar-refractivity contribution in [2.75, 3.05) is 7.11 Å². The Labute approximate surface area is 202 Å². The molecule has 0 saturated carbocycles. The van der Waals surface area contributed by atoms with Gasteiger partial charge in [-0.25, -0.2) is 4.79 Å². The molecule has 0 bridgehead atoms. The monoisotopic (exact) mass is 472 g/mol. The molecule has 1 N–H and O–H groups in total. The van der Waals surface area contributed by atoms with E-state index in [2.05, 4.69) is 5.32 Å². The van der Waals surface area contributed by atoms with Gasteiger partial charge in [-0.15, -0.1) is 0 Å². The Balaban J connectivity index is 1.68. The van der Waals surface area contributed by atoms with Crippen LogP contribution in [0.2, 0.25) is 5.02 Å². The summed E-state index contributed by atoms with van der Waals surface area (Å²) in [4.78, 5) is 24.6. The third-order valence-corrected chi connectivity index (χ3v) is 4.90. The standard InChI is InChI=1S/C27H21ClN2O4/c1-33-25-16-21(15-22(17-29)27(32)30-18-20-5-3-2-4-6-20)9-13-24(25)34-26(31)14-10-19-7-11-23(28)12-8-19/h2-16H,18H2,1H3,(H,30,32)/b14-10+,22-15+. The Kier molecular flexibility index (Phi) is 8.61. The van der Waals surface area contributed by atoms with Crippen molar-refractivity contribution in [3.05, 3.63) is 106 Å². The van der Waals surface area contributed by atoms with Crippen molar-refractivity contribution in [2.24, 2.45) is 0 Å². The average Bonchev–Trinajstić information content (AvgIpc) is 2.86. The fourth-order valence-corrected chi connectivity index (χ4v) is 3.05. The number of benzene rings is 3. The molecule has 3 rings (SSSR count). The molecule has 3 aromatic carbocycles. The Bertz CT molecular complexity index is 1260. The number of carbonyl (C=O) groups is 2. The number of hydrogen-bond acceptors (Lipinski definition) is 5. The topological polar surface area (TPSA) is 88.4 Å². The molecule has 6 nitrogen and oxygen atoms in total. The summed E-state index contributed by atoms with van der Waals surface area (Å²) in [5, 5.41) is 12.8. The second-order valence-corrected chi connectivity index (χ2v) is 7.49. The predicted octanol–water partition coefficient (Wildman–Crippen LogP) is 5.19. The molecule has 0 aliphatic heterocycles. The molecule has 7 heteroatoms. The first kappa shape index (κ1) is 24.3. The second-order valence-electron chi connectivity index (χ2n) is 7.05. The van der Waals surface area contributed by atoms with Gasteiger partial charge in [-0.3, -0.25) is 4.79 Å². The highest BCUT2D eigenvalue weighted by molar-refractivity contribution is 6.30. The summed E-state index contributed by atoms with van der Waals surface area (Å²) in [6.07, 6.45) is 4.34. The van der Waals surface area contributed by atoms with Gasteiger partial charge in [0, 0.05) is 17.6 Å². The van der Waals surface area contributed by atoms with Crippen molar-refractivity contribution in [1.82, 2.24) is 5.32 Å². The lowest BCUT2D eigenvalue weighted by Gasteiger charge is -2.09. The predicted molar refractivity (Wildman–Crippen MR) is 131 cm³/mol.